The van der Waals surface area contributed by atoms with Crippen LogP contribution in [0.1, 0.15) is 33.9 Å². The number of carbonyl (C=O) groups is 1. The number of guanidine groups is 1. The number of hydrazine groups is 1. The summed E-state index contributed by atoms with van der Waals surface area (Å²) in [5, 5.41) is 5.98. The predicted molar refractivity (Wildman–Crippen MR) is 132 cm³/mol. The van der Waals surface area contributed by atoms with Crippen LogP contribution in [-0.2, 0) is 6.18 Å². The Morgan fingerprint density at radius 3 is 2.38 bits per heavy atom. The highest BCUT2D eigenvalue weighted by molar-refractivity contribution is 6.31. The summed E-state index contributed by atoms with van der Waals surface area (Å²) in [6.45, 7) is 0. The highest BCUT2D eigenvalue weighted by atomic mass is 35.5. The molecule has 37 heavy (non-hydrogen) atoms. The third-order valence-electron chi connectivity index (χ3n) is 5.53. The smallest absolute Gasteiger partial charge is 0.416 e. The van der Waals surface area contributed by atoms with E-state index in [4.69, 9.17) is 16.3 Å². The lowest BCUT2D eigenvalue weighted by molar-refractivity contribution is -0.137. The Kier molecular flexibility index (Phi) is 7.96. The van der Waals surface area contributed by atoms with E-state index in [1.54, 1.807) is 7.11 Å². The SMILES string of the molecule is COc1ccc(C2CC(N/C(=N\C(=O)c3ccc(C(F)(F)F)cc3)Nc3cc(F)cc(Cl)c3)NN2)cc1. The van der Waals surface area contributed by atoms with E-state index in [9.17, 15) is 22.4 Å². The molecule has 3 aromatic carbocycles. The quantitative estimate of drug-likeness (QED) is 0.202. The van der Waals surface area contributed by atoms with Gasteiger partial charge in [-0.3, -0.25) is 4.79 Å². The zero-order valence-corrected chi connectivity index (χ0v) is 20.1. The number of nitrogens with one attached hydrogen (secondary N) is 4. The number of rotatable bonds is 5. The molecule has 4 rings (SSSR count). The minimum absolute atomic E-state index is 0.0544. The fourth-order valence-corrected chi connectivity index (χ4v) is 3.92. The number of anilines is 1. The van der Waals surface area contributed by atoms with Gasteiger partial charge in [-0.05, 0) is 60.2 Å². The standard InChI is InChI=1S/C25H22ClF4N5O2/c1-37-20-8-4-14(5-9-20)21-13-22(35-34-21)32-24(31-19-11-17(26)10-18(27)12-19)33-23(36)15-2-6-16(7-3-15)25(28,29)30/h2-12,21-22,34-35H,13H2,1H3,(H2,31,32,33,36). The second-order valence-corrected chi connectivity index (χ2v) is 8.61. The fourth-order valence-electron chi connectivity index (χ4n) is 3.70. The number of amides is 1. The molecule has 3 aromatic rings. The molecule has 0 aromatic heterocycles. The number of alkyl halides is 3. The van der Waals surface area contributed by atoms with Gasteiger partial charge in [-0.1, -0.05) is 23.7 Å². The summed E-state index contributed by atoms with van der Waals surface area (Å²) in [6.07, 6.45) is -4.41. The molecule has 1 amide bonds. The van der Waals surface area contributed by atoms with Crippen molar-refractivity contribution in [3.8, 4) is 5.75 Å². The minimum Gasteiger partial charge on any atom is -0.497 e. The van der Waals surface area contributed by atoms with E-state index in [2.05, 4.69) is 26.5 Å². The van der Waals surface area contributed by atoms with Crippen LogP contribution in [0.4, 0.5) is 23.2 Å². The fraction of sp³-hybridized carbons (Fsp3) is 0.200. The molecule has 2 unspecified atom stereocenters. The van der Waals surface area contributed by atoms with Gasteiger partial charge in [0.25, 0.3) is 5.91 Å². The highest BCUT2D eigenvalue weighted by Gasteiger charge is 2.30. The summed E-state index contributed by atoms with van der Waals surface area (Å²) in [4.78, 5) is 16.8. The number of aliphatic imine (C=N–C) groups is 1. The largest absolute Gasteiger partial charge is 0.497 e. The Morgan fingerprint density at radius 1 is 1.05 bits per heavy atom. The molecule has 2 atom stereocenters. The molecule has 1 heterocycles. The Labute approximate surface area is 214 Å². The minimum atomic E-state index is -4.53. The lowest BCUT2D eigenvalue weighted by Crippen LogP contribution is -2.47. The number of carbonyl (C=O) groups excluding carboxylic acids is 1. The van der Waals surface area contributed by atoms with Gasteiger partial charge in [0.2, 0.25) is 5.96 Å². The van der Waals surface area contributed by atoms with Crippen LogP contribution in [0.3, 0.4) is 0 Å². The van der Waals surface area contributed by atoms with Gasteiger partial charge in [0.15, 0.2) is 0 Å². The van der Waals surface area contributed by atoms with Crippen LogP contribution in [0.15, 0.2) is 71.7 Å². The van der Waals surface area contributed by atoms with Crippen molar-refractivity contribution in [1.82, 2.24) is 16.2 Å². The van der Waals surface area contributed by atoms with Crippen LogP contribution in [0.25, 0.3) is 0 Å². The average molecular weight is 536 g/mol. The Morgan fingerprint density at radius 2 is 1.76 bits per heavy atom. The van der Waals surface area contributed by atoms with Crippen LogP contribution in [0, 0.1) is 5.82 Å². The Bertz CT molecular complexity index is 1260. The van der Waals surface area contributed by atoms with Gasteiger partial charge in [0.1, 0.15) is 11.6 Å². The average Bonchev–Trinajstić information content (AvgIpc) is 3.31. The van der Waals surface area contributed by atoms with Crippen molar-refractivity contribution >= 4 is 29.2 Å². The molecule has 7 nitrogen and oxygen atoms in total. The number of halogens is 5. The van der Waals surface area contributed by atoms with Gasteiger partial charge in [0, 0.05) is 28.7 Å². The first-order valence-corrected chi connectivity index (χ1v) is 11.4. The molecule has 4 N–H and O–H groups in total. The number of benzene rings is 3. The molecule has 1 aliphatic rings. The monoisotopic (exact) mass is 535 g/mol. The zero-order valence-electron chi connectivity index (χ0n) is 19.4. The zero-order chi connectivity index (χ0) is 26.6. The van der Waals surface area contributed by atoms with E-state index in [1.165, 1.54) is 6.07 Å². The summed E-state index contributed by atoms with van der Waals surface area (Å²) >= 11 is 5.94. The molecule has 0 spiro atoms. The third kappa shape index (κ3) is 6.97. The van der Waals surface area contributed by atoms with Crippen LogP contribution in [0.2, 0.25) is 5.02 Å². The predicted octanol–water partition coefficient (Wildman–Crippen LogP) is 5.27. The van der Waals surface area contributed by atoms with Crippen LogP contribution in [-0.4, -0.2) is 25.1 Å². The number of hydrogen-bond donors (Lipinski definition) is 4. The summed E-state index contributed by atoms with van der Waals surface area (Å²) in [5.74, 6) is -0.743. The van der Waals surface area contributed by atoms with Crippen molar-refractivity contribution in [2.75, 3.05) is 12.4 Å². The lowest BCUT2D eigenvalue weighted by atomic mass is 10.0. The van der Waals surface area contributed by atoms with Gasteiger partial charge in [0.05, 0.1) is 18.8 Å². The topological polar surface area (TPSA) is 86.8 Å². The number of ether oxygens (including phenoxy) is 1. The second-order valence-electron chi connectivity index (χ2n) is 8.17. The van der Waals surface area contributed by atoms with Crippen LogP contribution in [0.5, 0.6) is 5.75 Å². The third-order valence-corrected chi connectivity index (χ3v) is 5.75. The van der Waals surface area contributed by atoms with E-state index in [0.29, 0.717) is 6.42 Å². The van der Waals surface area contributed by atoms with Crippen molar-refractivity contribution in [2.45, 2.75) is 24.8 Å². The van der Waals surface area contributed by atoms with E-state index in [-0.39, 0.29) is 28.3 Å². The molecular weight excluding hydrogens is 514 g/mol. The molecule has 1 aliphatic heterocycles. The molecule has 12 heteroatoms. The molecule has 0 aliphatic carbocycles. The van der Waals surface area contributed by atoms with Gasteiger partial charge in [-0.2, -0.15) is 18.2 Å². The number of methoxy groups -OCH3 is 1. The van der Waals surface area contributed by atoms with Crippen molar-refractivity contribution in [3.05, 3.63) is 94.3 Å². The maximum atomic E-state index is 13.9. The summed E-state index contributed by atoms with van der Waals surface area (Å²) in [7, 11) is 1.58. The molecule has 0 bridgehead atoms. The van der Waals surface area contributed by atoms with Gasteiger partial charge >= 0.3 is 6.18 Å². The molecule has 0 radical (unpaired) electrons. The normalized spacial score (nSPS) is 17.9. The summed E-state index contributed by atoms with van der Waals surface area (Å²) in [5.41, 5.74) is 6.47. The lowest BCUT2D eigenvalue weighted by Gasteiger charge is -2.17. The van der Waals surface area contributed by atoms with E-state index in [1.807, 2.05) is 24.3 Å². The molecule has 194 valence electrons. The molecule has 1 fully saturated rings. The van der Waals surface area contributed by atoms with Gasteiger partial charge in [-0.25, -0.2) is 15.2 Å². The molecular formula is C25H22ClF4N5O2. The van der Waals surface area contributed by atoms with Crippen LogP contribution >= 0.6 is 11.6 Å². The summed E-state index contributed by atoms with van der Waals surface area (Å²) < 4.78 is 57.6. The van der Waals surface area contributed by atoms with E-state index < -0.39 is 29.6 Å². The van der Waals surface area contributed by atoms with Crippen molar-refractivity contribution in [1.29, 1.82) is 0 Å². The van der Waals surface area contributed by atoms with Crippen LogP contribution < -0.4 is 26.2 Å². The Balaban J connectivity index is 1.53. The van der Waals surface area contributed by atoms with Gasteiger partial charge < -0.3 is 15.4 Å². The number of nitrogens with zero attached hydrogens (tertiary/aromatic N) is 1. The first-order chi connectivity index (χ1) is 17.6. The van der Waals surface area contributed by atoms with Crippen molar-refractivity contribution in [2.24, 2.45) is 4.99 Å². The van der Waals surface area contributed by atoms with Crippen molar-refractivity contribution < 1.29 is 27.1 Å². The maximum absolute atomic E-state index is 13.9. The number of hydrogen-bond acceptors (Lipinski definition) is 4. The Hall–Kier alpha value is -3.67. The van der Waals surface area contributed by atoms with Crippen molar-refractivity contribution in [3.63, 3.8) is 0 Å². The van der Waals surface area contributed by atoms with Gasteiger partial charge in [-0.15, -0.1) is 0 Å². The first-order valence-electron chi connectivity index (χ1n) is 11.1. The maximum Gasteiger partial charge on any atom is 0.416 e. The highest BCUT2D eigenvalue weighted by Crippen LogP contribution is 2.29. The molecule has 1 saturated heterocycles. The van der Waals surface area contributed by atoms with E-state index in [0.717, 1.165) is 47.7 Å². The second kappa shape index (κ2) is 11.2. The van der Waals surface area contributed by atoms with E-state index >= 15 is 0 Å². The summed E-state index contributed by atoms with van der Waals surface area (Å²) in [6, 6.07) is 14.8. The molecule has 0 saturated carbocycles. The first kappa shape index (κ1) is 26.4.